The van der Waals surface area contributed by atoms with Crippen LogP contribution in [0.25, 0.3) is 0 Å². The molecule has 0 saturated carbocycles. The maximum Gasteiger partial charge on any atom is 0.211 e. The van der Waals surface area contributed by atoms with Crippen LogP contribution < -0.4 is 9.64 Å². The van der Waals surface area contributed by atoms with E-state index in [0.29, 0.717) is 11.5 Å². The number of nitriles is 1. The first-order chi connectivity index (χ1) is 10.7. The number of benzene rings is 2. The van der Waals surface area contributed by atoms with Crippen molar-refractivity contribution in [3.63, 3.8) is 0 Å². The fraction of sp³-hybridized carbons (Fsp3) is 0.222. The van der Waals surface area contributed by atoms with Crippen LogP contribution in [-0.4, -0.2) is 6.29 Å². The van der Waals surface area contributed by atoms with Gasteiger partial charge in [0, 0.05) is 11.1 Å². The lowest BCUT2D eigenvalue weighted by atomic mass is 10.0. The smallest absolute Gasteiger partial charge is 0.211 e. The first kappa shape index (κ1) is 14.2. The Labute approximate surface area is 129 Å². The van der Waals surface area contributed by atoms with Gasteiger partial charge in [-0.3, -0.25) is 4.79 Å². The van der Waals surface area contributed by atoms with Gasteiger partial charge in [0.1, 0.15) is 6.29 Å². The zero-order chi connectivity index (χ0) is 15.7. The summed E-state index contributed by atoms with van der Waals surface area (Å²) in [5, 5.41) is 9.51. The monoisotopic (exact) mass is 292 g/mol. The molecule has 2 aromatic rings. The topological polar surface area (TPSA) is 53.3 Å². The Kier molecular flexibility index (Phi) is 3.56. The van der Waals surface area contributed by atoms with Gasteiger partial charge in [0.25, 0.3) is 0 Å². The SMILES string of the molecule is CC(C)c1cccc2c1OC(c1ccc(C=O)cc1)N2C#N. The first-order valence-corrected chi connectivity index (χ1v) is 7.19. The zero-order valence-electron chi connectivity index (χ0n) is 12.5. The molecule has 1 unspecified atom stereocenters. The lowest BCUT2D eigenvalue weighted by molar-refractivity contribution is 0.112. The summed E-state index contributed by atoms with van der Waals surface area (Å²) in [5.74, 6) is 1.08. The van der Waals surface area contributed by atoms with Crippen molar-refractivity contribution < 1.29 is 9.53 Å². The van der Waals surface area contributed by atoms with Crippen molar-refractivity contribution in [2.24, 2.45) is 0 Å². The number of anilines is 1. The maximum absolute atomic E-state index is 10.8. The minimum atomic E-state index is -0.486. The molecule has 1 atom stereocenters. The Bertz CT molecular complexity index is 745. The zero-order valence-corrected chi connectivity index (χ0v) is 12.5. The normalized spacial score (nSPS) is 16.1. The van der Waals surface area contributed by atoms with Gasteiger partial charge in [-0.15, -0.1) is 0 Å². The van der Waals surface area contributed by atoms with E-state index in [0.717, 1.165) is 28.8 Å². The number of carbonyl (C=O) groups is 1. The quantitative estimate of drug-likeness (QED) is 0.633. The molecule has 0 saturated heterocycles. The fourth-order valence-corrected chi connectivity index (χ4v) is 2.67. The van der Waals surface area contributed by atoms with Crippen LogP contribution >= 0.6 is 0 Å². The van der Waals surface area contributed by atoms with Gasteiger partial charge in [0.15, 0.2) is 11.9 Å². The summed E-state index contributed by atoms with van der Waals surface area (Å²) in [7, 11) is 0. The molecule has 1 aliphatic rings. The Morgan fingerprint density at radius 2 is 1.95 bits per heavy atom. The number of rotatable bonds is 3. The highest BCUT2D eigenvalue weighted by molar-refractivity contribution is 5.75. The fourth-order valence-electron chi connectivity index (χ4n) is 2.67. The average molecular weight is 292 g/mol. The standard InChI is InChI=1S/C18H16N2O2/c1-12(2)15-4-3-5-16-17(15)22-18(20(16)11-19)14-8-6-13(10-21)7-9-14/h3-10,12,18H,1-2H3. The summed E-state index contributed by atoms with van der Waals surface area (Å²) >= 11 is 0. The molecule has 0 spiro atoms. The Morgan fingerprint density at radius 1 is 1.23 bits per heavy atom. The van der Waals surface area contributed by atoms with Crippen LogP contribution in [0, 0.1) is 11.5 Å². The predicted molar refractivity (Wildman–Crippen MR) is 83.8 cm³/mol. The summed E-state index contributed by atoms with van der Waals surface area (Å²) in [6, 6.07) is 13.0. The van der Waals surface area contributed by atoms with E-state index in [1.165, 1.54) is 0 Å². The summed E-state index contributed by atoms with van der Waals surface area (Å²) in [6.45, 7) is 4.20. The van der Waals surface area contributed by atoms with Gasteiger partial charge in [-0.25, -0.2) is 4.90 Å². The highest BCUT2D eigenvalue weighted by Crippen LogP contribution is 2.46. The molecule has 2 aromatic carbocycles. The van der Waals surface area contributed by atoms with Crippen molar-refractivity contribution in [3.8, 4) is 11.9 Å². The molecule has 110 valence electrons. The minimum absolute atomic E-state index is 0.312. The number of fused-ring (bicyclic) bond motifs is 1. The lowest BCUT2D eigenvalue weighted by Crippen LogP contribution is -2.21. The Morgan fingerprint density at radius 3 is 2.55 bits per heavy atom. The molecule has 0 aromatic heterocycles. The van der Waals surface area contributed by atoms with E-state index in [1.807, 2.05) is 30.3 Å². The molecule has 0 bridgehead atoms. The van der Waals surface area contributed by atoms with Crippen LogP contribution in [0.5, 0.6) is 5.75 Å². The summed E-state index contributed by atoms with van der Waals surface area (Å²) in [5.41, 5.74) is 3.33. The third-order valence-electron chi connectivity index (χ3n) is 3.84. The van der Waals surface area contributed by atoms with Gasteiger partial charge >= 0.3 is 0 Å². The highest BCUT2D eigenvalue weighted by atomic mass is 16.5. The molecule has 4 heteroatoms. The van der Waals surface area contributed by atoms with Gasteiger partial charge < -0.3 is 4.74 Å². The molecular weight excluding hydrogens is 276 g/mol. The summed E-state index contributed by atoms with van der Waals surface area (Å²) < 4.78 is 6.08. The number of aldehydes is 1. The highest BCUT2D eigenvalue weighted by Gasteiger charge is 2.34. The van der Waals surface area contributed by atoms with E-state index in [4.69, 9.17) is 4.74 Å². The Balaban J connectivity index is 2.03. The van der Waals surface area contributed by atoms with Crippen molar-refractivity contribution in [3.05, 3.63) is 59.2 Å². The van der Waals surface area contributed by atoms with Crippen molar-refractivity contribution in [2.75, 3.05) is 4.90 Å². The van der Waals surface area contributed by atoms with Gasteiger partial charge in [-0.1, -0.05) is 50.2 Å². The second kappa shape index (κ2) is 5.53. The molecule has 0 N–H and O–H groups in total. The molecular formula is C18H16N2O2. The molecule has 3 rings (SSSR count). The van der Waals surface area contributed by atoms with Crippen LogP contribution in [0.4, 0.5) is 5.69 Å². The van der Waals surface area contributed by atoms with Crippen LogP contribution in [0.1, 0.15) is 47.5 Å². The predicted octanol–water partition coefficient (Wildman–Crippen LogP) is 4.00. The number of carbonyl (C=O) groups excluding carboxylic acids is 1. The van der Waals surface area contributed by atoms with E-state index in [-0.39, 0.29) is 0 Å². The van der Waals surface area contributed by atoms with E-state index in [1.54, 1.807) is 17.0 Å². The third kappa shape index (κ3) is 2.21. The average Bonchev–Trinajstić information content (AvgIpc) is 2.93. The van der Waals surface area contributed by atoms with Crippen LogP contribution in [0.2, 0.25) is 0 Å². The molecule has 0 fully saturated rings. The van der Waals surface area contributed by atoms with E-state index < -0.39 is 6.23 Å². The molecule has 0 amide bonds. The number of para-hydroxylation sites is 1. The van der Waals surface area contributed by atoms with E-state index in [2.05, 4.69) is 20.0 Å². The van der Waals surface area contributed by atoms with E-state index >= 15 is 0 Å². The minimum Gasteiger partial charge on any atom is -0.463 e. The van der Waals surface area contributed by atoms with Crippen LogP contribution in [0.3, 0.4) is 0 Å². The second-order valence-corrected chi connectivity index (χ2v) is 5.57. The first-order valence-electron chi connectivity index (χ1n) is 7.19. The van der Waals surface area contributed by atoms with Gasteiger partial charge in [-0.2, -0.15) is 5.26 Å². The van der Waals surface area contributed by atoms with Gasteiger partial charge in [0.2, 0.25) is 6.23 Å². The van der Waals surface area contributed by atoms with Crippen molar-refractivity contribution in [1.29, 1.82) is 5.26 Å². The van der Waals surface area contributed by atoms with Gasteiger partial charge in [-0.05, 0) is 17.5 Å². The number of hydrogen-bond acceptors (Lipinski definition) is 4. The lowest BCUT2D eigenvalue weighted by Gasteiger charge is -2.17. The molecule has 1 heterocycles. The Hall–Kier alpha value is -2.80. The molecule has 1 aliphatic heterocycles. The summed E-state index contributed by atoms with van der Waals surface area (Å²) in [6.07, 6.45) is 2.52. The molecule has 22 heavy (non-hydrogen) atoms. The second-order valence-electron chi connectivity index (χ2n) is 5.57. The van der Waals surface area contributed by atoms with Crippen molar-refractivity contribution in [2.45, 2.75) is 26.0 Å². The van der Waals surface area contributed by atoms with Crippen LogP contribution in [-0.2, 0) is 0 Å². The summed E-state index contributed by atoms with van der Waals surface area (Å²) in [4.78, 5) is 12.3. The number of nitrogens with zero attached hydrogens (tertiary/aromatic N) is 2. The molecule has 0 aliphatic carbocycles. The van der Waals surface area contributed by atoms with Crippen molar-refractivity contribution >= 4 is 12.0 Å². The molecule has 4 nitrogen and oxygen atoms in total. The molecule has 0 radical (unpaired) electrons. The third-order valence-corrected chi connectivity index (χ3v) is 3.84. The maximum atomic E-state index is 10.8. The van der Waals surface area contributed by atoms with Crippen molar-refractivity contribution in [1.82, 2.24) is 0 Å². The van der Waals surface area contributed by atoms with Crippen LogP contribution in [0.15, 0.2) is 42.5 Å². The van der Waals surface area contributed by atoms with E-state index in [9.17, 15) is 10.1 Å². The number of ether oxygens (including phenoxy) is 1. The largest absolute Gasteiger partial charge is 0.463 e. The van der Waals surface area contributed by atoms with Gasteiger partial charge in [0.05, 0.1) is 5.69 Å². The number of hydrogen-bond donors (Lipinski definition) is 0.